The summed E-state index contributed by atoms with van der Waals surface area (Å²) >= 11 is 0. The molecule has 2 aliphatic heterocycles. The summed E-state index contributed by atoms with van der Waals surface area (Å²) in [5.74, 6) is 2.11. The quantitative estimate of drug-likeness (QED) is 0.254. The molecule has 0 N–H and O–H groups in total. The highest BCUT2D eigenvalue weighted by Gasteiger charge is 2.13. The fraction of sp³-hybridized carbons (Fsp3) is 0.864. The molecule has 1 aromatic rings. The first-order valence-corrected chi connectivity index (χ1v) is 20.1. The third-order valence-corrected chi connectivity index (χ3v) is 8.27. The average molecular weight is 710 g/mol. The van der Waals surface area contributed by atoms with Crippen LogP contribution in [0.4, 0.5) is 0 Å². The molecule has 0 radical (unpaired) electrons. The van der Waals surface area contributed by atoms with E-state index in [1.807, 2.05) is 26.8 Å². The first-order chi connectivity index (χ1) is 23.1. The second kappa shape index (κ2) is 32.6. The summed E-state index contributed by atoms with van der Waals surface area (Å²) in [4.78, 5) is 7.36. The van der Waals surface area contributed by atoms with Gasteiger partial charge in [0.05, 0.1) is 24.9 Å². The predicted octanol–water partition coefficient (Wildman–Crippen LogP) is 10.9. The molecule has 2 heterocycles. The molecule has 0 atom stereocenters. The first kappa shape index (κ1) is 53.3. The first-order valence-electron chi connectivity index (χ1n) is 20.1. The maximum absolute atomic E-state index is 5.30. The smallest absolute Gasteiger partial charge is 0.0594 e. The van der Waals surface area contributed by atoms with Crippen LogP contribution in [0.2, 0.25) is 0 Å². The van der Waals surface area contributed by atoms with Crippen molar-refractivity contribution in [3.8, 4) is 0 Å². The van der Waals surface area contributed by atoms with Gasteiger partial charge in [-0.1, -0.05) is 78.3 Å². The van der Waals surface area contributed by atoms with Gasteiger partial charge in [0.1, 0.15) is 0 Å². The Bertz CT molecular complexity index is 778. The largest absolute Gasteiger partial charge is 0.379 e. The Morgan fingerprint density at radius 2 is 1.12 bits per heavy atom. The van der Waals surface area contributed by atoms with E-state index in [1.165, 1.54) is 44.5 Å². The van der Waals surface area contributed by atoms with Crippen LogP contribution in [-0.4, -0.2) is 111 Å². The lowest BCUT2D eigenvalue weighted by Gasteiger charge is -2.29. The molecular formula is C44H91N3O3. The molecule has 2 saturated heterocycles. The number of methoxy groups -OCH3 is 1. The number of likely N-dealkylation sites (tertiary alicyclic amines) is 1. The number of morpholine rings is 1. The Balaban J connectivity index is -0.000000533. The number of piperidine rings is 1. The molecule has 0 unspecified atom stereocenters. The van der Waals surface area contributed by atoms with Crippen LogP contribution < -0.4 is 0 Å². The highest BCUT2D eigenvalue weighted by molar-refractivity contribution is 5.17. The molecule has 2 aliphatic rings. The number of ether oxygens (including phenoxy) is 3. The van der Waals surface area contributed by atoms with Crippen molar-refractivity contribution < 1.29 is 14.2 Å². The summed E-state index contributed by atoms with van der Waals surface area (Å²) in [6.07, 6.45) is 4.66. The van der Waals surface area contributed by atoms with Gasteiger partial charge in [0.15, 0.2) is 0 Å². The fourth-order valence-electron chi connectivity index (χ4n) is 4.54. The Labute approximate surface area is 315 Å². The van der Waals surface area contributed by atoms with Gasteiger partial charge < -0.3 is 24.0 Å². The number of rotatable bonds is 9. The SMILES string of the molecule is CC(C)CN(C)C(C)C.CC(C)COC(C)C.CC(C)N1CCCCC1.CC(C)N1CCOCC1.CC(C)c1ccccc1.COC(C)(C)C. The maximum Gasteiger partial charge on any atom is 0.0594 e. The van der Waals surface area contributed by atoms with Crippen LogP contribution >= 0.6 is 0 Å². The van der Waals surface area contributed by atoms with Crippen molar-refractivity contribution >= 4 is 0 Å². The van der Waals surface area contributed by atoms with Gasteiger partial charge in [-0.3, -0.25) is 4.90 Å². The van der Waals surface area contributed by atoms with Crippen LogP contribution in [0.3, 0.4) is 0 Å². The summed E-state index contributed by atoms with van der Waals surface area (Å²) in [7, 11) is 3.88. The van der Waals surface area contributed by atoms with Crippen LogP contribution in [0.1, 0.15) is 148 Å². The molecule has 6 heteroatoms. The van der Waals surface area contributed by atoms with Gasteiger partial charge in [-0.2, -0.15) is 0 Å². The van der Waals surface area contributed by atoms with Crippen molar-refractivity contribution in [2.24, 2.45) is 11.8 Å². The molecule has 0 spiro atoms. The Morgan fingerprint density at radius 3 is 1.34 bits per heavy atom. The van der Waals surface area contributed by atoms with E-state index in [2.05, 4.69) is 143 Å². The van der Waals surface area contributed by atoms with E-state index < -0.39 is 0 Å². The Morgan fingerprint density at radius 1 is 0.680 bits per heavy atom. The second-order valence-corrected chi connectivity index (χ2v) is 17.0. The zero-order chi connectivity index (χ0) is 39.3. The summed E-state index contributed by atoms with van der Waals surface area (Å²) in [5, 5.41) is 0. The van der Waals surface area contributed by atoms with Crippen LogP contribution in [0, 0.1) is 11.8 Å². The Kier molecular flexibility index (Phi) is 34.8. The van der Waals surface area contributed by atoms with E-state index in [0.29, 0.717) is 30.0 Å². The standard InChI is InChI=1S/C9H12.C8H17N.C8H19N.C7H15NO.C7H16O.C5H12O/c2*1-8(2)9-6-4-3-5-7-9;1-7(2)6-9(5)8(3)4;1-7(2)8-3-5-9-6-4-8;1-6(2)5-8-7(3)4;1-5(2,3)6-4/h3-8H,1-2H3;8H,3-7H2,1-2H3;7-8H,6H2,1-5H3;7H,3-6H2,1-2H3;6-7H,5H2,1-4H3;1-4H3. The highest BCUT2D eigenvalue weighted by atomic mass is 16.5. The van der Waals surface area contributed by atoms with E-state index in [4.69, 9.17) is 14.2 Å². The van der Waals surface area contributed by atoms with Gasteiger partial charge in [-0.05, 0) is 132 Å². The third-order valence-electron chi connectivity index (χ3n) is 8.27. The summed E-state index contributed by atoms with van der Waals surface area (Å²) < 4.78 is 15.4. The molecule has 3 rings (SSSR count). The minimum absolute atomic E-state index is 0.0417. The minimum atomic E-state index is 0.0417. The van der Waals surface area contributed by atoms with Gasteiger partial charge >= 0.3 is 0 Å². The Hall–Kier alpha value is -1.02. The van der Waals surface area contributed by atoms with E-state index in [-0.39, 0.29) is 5.60 Å². The van der Waals surface area contributed by atoms with E-state index in [9.17, 15) is 0 Å². The van der Waals surface area contributed by atoms with Gasteiger partial charge in [0, 0.05) is 51.5 Å². The maximum atomic E-state index is 5.30. The fourth-order valence-corrected chi connectivity index (χ4v) is 4.54. The summed E-state index contributed by atoms with van der Waals surface area (Å²) in [5.41, 5.74) is 1.46. The molecule has 300 valence electrons. The third kappa shape index (κ3) is 38.2. The molecule has 1 aromatic carbocycles. The molecular weight excluding hydrogens is 619 g/mol. The summed E-state index contributed by atoms with van der Waals surface area (Å²) in [6, 6.07) is 12.7. The molecule has 6 nitrogen and oxygen atoms in total. The molecule has 2 fully saturated rings. The number of nitrogens with zero attached hydrogens (tertiary/aromatic N) is 3. The molecule has 0 aliphatic carbocycles. The van der Waals surface area contributed by atoms with E-state index >= 15 is 0 Å². The molecule has 50 heavy (non-hydrogen) atoms. The monoisotopic (exact) mass is 710 g/mol. The van der Waals surface area contributed by atoms with Crippen molar-refractivity contribution in [3.63, 3.8) is 0 Å². The molecule has 0 saturated carbocycles. The van der Waals surface area contributed by atoms with Crippen LogP contribution in [0.15, 0.2) is 30.3 Å². The lowest BCUT2D eigenvalue weighted by atomic mass is 10.0. The highest BCUT2D eigenvalue weighted by Crippen LogP contribution is 2.12. The van der Waals surface area contributed by atoms with Crippen molar-refractivity contribution in [2.45, 2.75) is 173 Å². The second-order valence-electron chi connectivity index (χ2n) is 17.0. The van der Waals surface area contributed by atoms with Gasteiger partial charge in [-0.15, -0.1) is 0 Å². The lowest BCUT2D eigenvalue weighted by Crippen LogP contribution is -2.40. The van der Waals surface area contributed by atoms with E-state index in [1.54, 1.807) is 7.11 Å². The lowest BCUT2D eigenvalue weighted by molar-refractivity contribution is 0.0238. The van der Waals surface area contributed by atoms with Crippen LogP contribution in [0.25, 0.3) is 0 Å². The number of benzene rings is 1. The topological polar surface area (TPSA) is 37.4 Å². The normalized spacial score (nSPS) is 15.5. The number of hydrogen-bond donors (Lipinski definition) is 0. The van der Waals surface area contributed by atoms with Crippen molar-refractivity contribution in [1.29, 1.82) is 0 Å². The average Bonchev–Trinajstić information content (AvgIpc) is 3.06. The zero-order valence-corrected chi connectivity index (χ0v) is 37.3. The van der Waals surface area contributed by atoms with Gasteiger partial charge in [0.25, 0.3) is 0 Å². The molecule has 0 amide bonds. The minimum Gasteiger partial charge on any atom is -0.379 e. The predicted molar refractivity (Wildman–Crippen MR) is 224 cm³/mol. The van der Waals surface area contributed by atoms with E-state index in [0.717, 1.165) is 44.9 Å². The molecule has 0 aromatic heterocycles. The van der Waals surface area contributed by atoms with Crippen molar-refractivity contribution in [1.82, 2.24) is 14.7 Å². The van der Waals surface area contributed by atoms with Crippen LogP contribution in [-0.2, 0) is 14.2 Å². The van der Waals surface area contributed by atoms with Crippen molar-refractivity contribution in [3.05, 3.63) is 35.9 Å². The van der Waals surface area contributed by atoms with Crippen molar-refractivity contribution in [2.75, 3.05) is 66.7 Å². The van der Waals surface area contributed by atoms with Crippen LogP contribution in [0.5, 0.6) is 0 Å². The molecule has 0 bridgehead atoms. The summed E-state index contributed by atoms with van der Waals surface area (Å²) in [6.45, 7) is 45.7. The number of hydrogen-bond acceptors (Lipinski definition) is 6. The van der Waals surface area contributed by atoms with Gasteiger partial charge in [0.2, 0.25) is 0 Å². The van der Waals surface area contributed by atoms with Gasteiger partial charge in [-0.25, -0.2) is 0 Å². The zero-order valence-electron chi connectivity index (χ0n) is 37.3.